The molecule has 0 spiro atoms. The molecule has 1 heterocycles. The van der Waals surface area contributed by atoms with Crippen LogP contribution in [0.1, 0.15) is 30.5 Å². The van der Waals surface area contributed by atoms with Crippen LogP contribution in [-0.4, -0.2) is 67.0 Å². The van der Waals surface area contributed by atoms with Gasteiger partial charge < -0.3 is 24.4 Å². The van der Waals surface area contributed by atoms with Crippen LogP contribution >= 0.6 is 0 Å². The van der Waals surface area contributed by atoms with Gasteiger partial charge in [-0.05, 0) is 62.5 Å². The van der Waals surface area contributed by atoms with Crippen molar-refractivity contribution in [2.24, 2.45) is 0 Å². The summed E-state index contributed by atoms with van der Waals surface area (Å²) in [5, 5.41) is 11.2. The molecule has 1 aliphatic heterocycles. The van der Waals surface area contributed by atoms with E-state index in [1.807, 2.05) is 38.1 Å². The zero-order chi connectivity index (χ0) is 24.7. The molecule has 0 saturated carbocycles. The van der Waals surface area contributed by atoms with Crippen LogP contribution in [0.3, 0.4) is 0 Å². The van der Waals surface area contributed by atoms with E-state index in [-0.39, 0.29) is 11.3 Å². The molecule has 1 amide bonds. The van der Waals surface area contributed by atoms with Gasteiger partial charge >= 0.3 is 0 Å². The molecule has 3 rings (SSSR count). The van der Waals surface area contributed by atoms with Gasteiger partial charge in [-0.25, -0.2) is 0 Å². The number of benzene rings is 2. The lowest BCUT2D eigenvalue weighted by molar-refractivity contribution is -0.140. The summed E-state index contributed by atoms with van der Waals surface area (Å²) < 4.78 is 11.2. The van der Waals surface area contributed by atoms with Crippen LogP contribution in [0, 0.1) is 0 Å². The molecule has 1 fully saturated rings. The van der Waals surface area contributed by atoms with E-state index < -0.39 is 17.7 Å². The molecule has 0 bridgehead atoms. The number of ketones is 1. The lowest BCUT2D eigenvalue weighted by Gasteiger charge is -2.26. The molecule has 1 atom stereocenters. The first-order chi connectivity index (χ1) is 16.4. The molecule has 1 N–H and O–H groups in total. The fourth-order valence-corrected chi connectivity index (χ4v) is 3.75. The van der Waals surface area contributed by atoms with Gasteiger partial charge in [0.15, 0.2) is 0 Å². The van der Waals surface area contributed by atoms with E-state index in [9.17, 15) is 14.7 Å². The van der Waals surface area contributed by atoms with Gasteiger partial charge in [0.2, 0.25) is 0 Å². The van der Waals surface area contributed by atoms with E-state index in [0.29, 0.717) is 48.9 Å². The number of amides is 1. The van der Waals surface area contributed by atoms with E-state index in [1.54, 1.807) is 42.5 Å². The molecule has 2 aromatic rings. The number of aliphatic hydroxyl groups excluding tert-OH is 1. The summed E-state index contributed by atoms with van der Waals surface area (Å²) in [7, 11) is 3.80. The highest BCUT2D eigenvalue weighted by Gasteiger charge is 2.45. The van der Waals surface area contributed by atoms with Gasteiger partial charge in [-0.1, -0.05) is 31.7 Å². The number of likely N-dealkylation sites (tertiary alicyclic amines) is 1. The number of aliphatic hydroxyl groups is 1. The number of carbonyl (C=O) groups excluding carboxylic acids is 2. The molecule has 0 unspecified atom stereocenters. The van der Waals surface area contributed by atoms with Crippen molar-refractivity contribution in [1.82, 2.24) is 9.80 Å². The first kappa shape index (κ1) is 25.1. The monoisotopic (exact) mass is 464 g/mol. The molecule has 0 aliphatic carbocycles. The van der Waals surface area contributed by atoms with Gasteiger partial charge in [0, 0.05) is 18.7 Å². The summed E-state index contributed by atoms with van der Waals surface area (Å²) >= 11 is 0. The van der Waals surface area contributed by atoms with Crippen molar-refractivity contribution in [3.63, 3.8) is 0 Å². The topological polar surface area (TPSA) is 79.3 Å². The Balaban J connectivity index is 2.02. The van der Waals surface area contributed by atoms with Gasteiger partial charge in [-0.15, -0.1) is 0 Å². The quantitative estimate of drug-likeness (QED) is 0.234. The zero-order valence-electron chi connectivity index (χ0n) is 20.0. The van der Waals surface area contributed by atoms with Crippen LogP contribution in [0.5, 0.6) is 11.5 Å². The highest BCUT2D eigenvalue weighted by Crippen LogP contribution is 2.39. The predicted octanol–water partition coefficient (Wildman–Crippen LogP) is 4.02. The third-order valence-corrected chi connectivity index (χ3v) is 5.49. The smallest absolute Gasteiger partial charge is 0.295 e. The van der Waals surface area contributed by atoms with Crippen molar-refractivity contribution in [2.75, 3.05) is 40.4 Å². The van der Waals surface area contributed by atoms with Crippen LogP contribution in [0.2, 0.25) is 0 Å². The maximum atomic E-state index is 13.1. The Labute approximate surface area is 200 Å². The van der Waals surface area contributed by atoms with Crippen LogP contribution in [-0.2, 0) is 9.59 Å². The summed E-state index contributed by atoms with van der Waals surface area (Å²) in [5.74, 6) is -0.194. The fraction of sp³-hybridized carbons (Fsp3) is 0.333. The average molecular weight is 465 g/mol. The molecule has 1 aliphatic rings. The third-order valence-electron chi connectivity index (χ3n) is 5.49. The Bertz CT molecular complexity index is 1040. The van der Waals surface area contributed by atoms with E-state index >= 15 is 0 Å². The molecule has 0 aromatic heterocycles. The van der Waals surface area contributed by atoms with Crippen molar-refractivity contribution in [3.05, 3.63) is 77.9 Å². The van der Waals surface area contributed by atoms with Crippen molar-refractivity contribution < 1.29 is 24.2 Å². The zero-order valence-corrected chi connectivity index (χ0v) is 20.0. The highest BCUT2D eigenvalue weighted by molar-refractivity contribution is 6.46. The Morgan fingerprint density at radius 2 is 1.68 bits per heavy atom. The molecular weight excluding hydrogens is 432 g/mol. The summed E-state index contributed by atoms with van der Waals surface area (Å²) in [6.07, 6.45) is 2.54. The summed E-state index contributed by atoms with van der Waals surface area (Å²) in [4.78, 5) is 29.5. The summed E-state index contributed by atoms with van der Waals surface area (Å²) in [5.41, 5.74) is 1.24. The highest BCUT2D eigenvalue weighted by atomic mass is 16.5. The number of hydrogen-bond donors (Lipinski definition) is 1. The van der Waals surface area contributed by atoms with Gasteiger partial charge in [-0.2, -0.15) is 0 Å². The van der Waals surface area contributed by atoms with Gasteiger partial charge in [-0.3, -0.25) is 9.59 Å². The second-order valence-corrected chi connectivity index (χ2v) is 8.34. The molecule has 2 aromatic carbocycles. The standard InChI is InChI=1S/C27H32N2O5/c1-5-17-33-21-11-7-19(8-12-21)24-23(26(31)27(32)29(24)16-15-28(3)4)25(30)20-9-13-22(14-10-20)34-18-6-2/h5,7-14,24,30H,1,6,15-18H2,2-4H3/t24-/m1/s1. The number of nitrogens with zero attached hydrogens (tertiary/aromatic N) is 2. The van der Waals surface area contributed by atoms with Crippen molar-refractivity contribution >= 4 is 17.4 Å². The molecular formula is C27H32N2O5. The maximum absolute atomic E-state index is 13.1. The maximum Gasteiger partial charge on any atom is 0.295 e. The van der Waals surface area contributed by atoms with Gasteiger partial charge in [0.05, 0.1) is 18.2 Å². The molecule has 180 valence electrons. The normalized spacial score (nSPS) is 17.3. The minimum Gasteiger partial charge on any atom is -0.507 e. The number of hydrogen-bond acceptors (Lipinski definition) is 6. The Kier molecular flexibility index (Phi) is 8.49. The van der Waals surface area contributed by atoms with Crippen LogP contribution in [0.15, 0.2) is 66.8 Å². The summed E-state index contributed by atoms with van der Waals surface area (Å²) in [6, 6.07) is 13.4. The summed E-state index contributed by atoms with van der Waals surface area (Å²) in [6.45, 7) is 7.55. The second-order valence-electron chi connectivity index (χ2n) is 8.34. The Morgan fingerprint density at radius 1 is 1.06 bits per heavy atom. The van der Waals surface area contributed by atoms with E-state index in [4.69, 9.17) is 9.47 Å². The number of ether oxygens (including phenoxy) is 2. The molecule has 1 saturated heterocycles. The number of likely N-dealkylation sites (N-methyl/N-ethyl adjacent to an activating group) is 1. The van der Waals surface area contributed by atoms with Crippen molar-refractivity contribution in [1.29, 1.82) is 0 Å². The number of rotatable bonds is 11. The van der Waals surface area contributed by atoms with Crippen LogP contribution in [0.25, 0.3) is 5.76 Å². The Morgan fingerprint density at radius 3 is 2.26 bits per heavy atom. The van der Waals surface area contributed by atoms with Crippen molar-refractivity contribution in [3.8, 4) is 11.5 Å². The lowest BCUT2D eigenvalue weighted by atomic mass is 9.95. The van der Waals surface area contributed by atoms with E-state index in [1.165, 1.54) is 4.90 Å². The van der Waals surface area contributed by atoms with Crippen LogP contribution < -0.4 is 9.47 Å². The first-order valence-electron chi connectivity index (χ1n) is 11.4. The van der Waals surface area contributed by atoms with Gasteiger partial charge in [0.1, 0.15) is 23.9 Å². The molecule has 7 heteroatoms. The molecule has 7 nitrogen and oxygen atoms in total. The second kappa shape index (κ2) is 11.5. The predicted molar refractivity (Wildman–Crippen MR) is 132 cm³/mol. The van der Waals surface area contributed by atoms with Gasteiger partial charge in [0.25, 0.3) is 11.7 Å². The SMILES string of the molecule is C=CCOc1ccc([C@@H]2C(=C(O)c3ccc(OCCC)cc3)C(=O)C(=O)N2CCN(C)C)cc1. The fourth-order valence-electron chi connectivity index (χ4n) is 3.75. The largest absolute Gasteiger partial charge is 0.507 e. The van der Waals surface area contributed by atoms with E-state index in [0.717, 1.165) is 6.42 Å². The van der Waals surface area contributed by atoms with Crippen molar-refractivity contribution in [2.45, 2.75) is 19.4 Å². The number of Topliss-reactive ketones (excluding diaryl/α,β-unsaturated/α-hetero) is 1. The van der Waals surface area contributed by atoms with E-state index in [2.05, 4.69) is 6.58 Å². The molecule has 0 radical (unpaired) electrons. The first-order valence-corrected chi connectivity index (χ1v) is 11.4. The third kappa shape index (κ3) is 5.66. The lowest BCUT2D eigenvalue weighted by Crippen LogP contribution is -2.35. The minimum atomic E-state index is -0.704. The van der Waals surface area contributed by atoms with Crippen LogP contribution in [0.4, 0.5) is 0 Å². The average Bonchev–Trinajstić information content (AvgIpc) is 3.10. The molecule has 34 heavy (non-hydrogen) atoms. The Hall–Kier alpha value is -3.58. The minimum absolute atomic E-state index is 0.0748. The number of carbonyl (C=O) groups is 2.